The molecule has 1 fully saturated rings. The van der Waals surface area contributed by atoms with E-state index in [-0.39, 0.29) is 17.5 Å². The van der Waals surface area contributed by atoms with E-state index >= 15 is 0 Å². The van der Waals surface area contributed by atoms with Gasteiger partial charge in [-0.2, -0.15) is 4.39 Å². The number of hydrogen-bond donors (Lipinski definition) is 1. The van der Waals surface area contributed by atoms with Gasteiger partial charge < -0.3 is 14.9 Å². The molecule has 1 aliphatic rings. The molecule has 0 aliphatic carbocycles. The molecule has 0 spiro atoms. The Morgan fingerprint density at radius 2 is 2.37 bits per heavy atom. The van der Waals surface area contributed by atoms with Gasteiger partial charge >= 0.3 is 0 Å². The van der Waals surface area contributed by atoms with Crippen LogP contribution in [0, 0.1) is 5.95 Å². The van der Waals surface area contributed by atoms with Crippen molar-refractivity contribution in [1.29, 1.82) is 0 Å². The maximum Gasteiger partial charge on any atom is 0.254 e. The number of amides is 1. The third-order valence-electron chi connectivity index (χ3n) is 3.20. The van der Waals surface area contributed by atoms with E-state index in [4.69, 9.17) is 0 Å². The van der Waals surface area contributed by atoms with Crippen LogP contribution in [0.1, 0.15) is 16.8 Å². The fourth-order valence-corrected chi connectivity index (χ4v) is 2.44. The number of hydrogen-bond acceptors (Lipinski definition) is 4. The van der Waals surface area contributed by atoms with Crippen molar-refractivity contribution in [3.63, 3.8) is 0 Å². The first-order chi connectivity index (χ1) is 8.97. The van der Waals surface area contributed by atoms with Gasteiger partial charge in [0.1, 0.15) is 0 Å². The number of carbonyl (C=O) groups is 1. The zero-order valence-corrected chi connectivity index (χ0v) is 11.1. The molecule has 2 unspecified atom stereocenters. The van der Waals surface area contributed by atoms with E-state index in [1.54, 1.807) is 4.90 Å². The quantitative estimate of drug-likeness (QED) is 0.803. The van der Waals surface area contributed by atoms with Gasteiger partial charge in [-0.05, 0) is 26.6 Å². The molecule has 1 aliphatic heterocycles. The number of rotatable bonds is 3. The standard InChI is InChI=1S/C13H18FN3O2/c1-16(2)7-10-6-11(18)8-17(10)13(19)9-3-4-15-12(14)5-9/h3-5,10-11,18H,6-8H2,1-2H3. The number of aliphatic hydroxyl groups excluding tert-OH is 1. The van der Waals surface area contributed by atoms with Gasteiger partial charge in [-0.3, -0.25) is 4.79 Å². The average Bonchev–Trinajstić information content (AvgIpc) is 2.68. The first-order valence-electron chi connectivity index (χ1n) is 6.22. The summed E-state index contributed by atoms with van der Waals surface area (Å²) >= 11 is 0. The number of likely N-dealkylation sites (tertiary alicyclic amines) is 1. The van der Waals surface area contributed by atoms with Crippen LogP contribution < -0.4 is 0 Å². The van der Waals surface area contributed by atoms with Crippen molar-refractivity contribution in [2.24, 2.45) is 0 Å². The number of aromatic nitrogens is 1. The normalized spacial score (nSPS) is 23.1. The Labute approximate surface area is 111 Å². The Balaban J connectivity index is 2.17. The maximum absolute atomic E-state index is 13.1. The molecule has 0 bridgehead atoms. The predicted octanol–water partition coefficient (Wildman–Crippen LogP) is 0.358. The molecule has 2 atom stereocenters. The number of nitrogens with zero attached hydrogens (tertiary/aromatic N) is 3. The van der Waals surface area contributed by atoms with Crippen LogP contribution in [0.15, 0.2) is 18.3 Å². The predicted molar refractivity (Wildman–Crippen MR) is 68.2 cm³/mol. The molecule has 5 nitrogen and oxygen atoms in total. The fraction of sp³-hybridized carbons (Fsp3) is 0.538. The molecule has 1 aromatic rings. The summed E-state index contributed by atoms with van der Waals surface area (Å²) in [6, 6.07) is 2.57. The average molecular weight is 267 g/mol. The molecule has 6 heteroatoms. The molecule has 1 aromatic heterocycles. The minimum absolute atomic E-state index is 0.0475. The lowest BCUT2D eigenvalue weighted by atomic mass is 10.1. The Bertz CT molecular complexity index is 467. The van der Waals surface area contributed by atoms with E-state index in [9.17, 15) is 14.3 Å². The maximum atomic E-state index is 13.1. The molecule has 1 N–H and O–H groups in total. The summed E-state index contributed by atoms with van der Waals surface area (Å²) in [5.74, 6) is -0.931. The highest BCUT2D eigenvalue weighted by molar-refractivity contribution is 5.94. The van der Waals surface area contributed by atoms with Crippen LogP contribution >= 0.6 is 0 Å². The molecule has 2 rings (SSSR count). The van der Waals surface area contributed by atoms with Gasteiger partial charge in [-0.1, -0.05) is 0 Å². The SMILES string of the molecule is CN(C)CC1CC(O)CN1C(=O)c1ccnc(F)c1. The monoisotopic (exact) mass is 267 g/mol. The van der Waals surface area contributed by atoms with Crippen LogP contribution in [-0.2, 0) is 0 Å². The second kappa shape index (κ2) is 5.63. The molecule has 19 heavy (non-hydrogen) atoms. The highest BCUT2D eigenvalue weighted by Crippen LogP contribution is 2.21. The highest BCUT2D eigenvalue weighted by Gasteiger charge is 2.34. The van der Waals surface area contributed by atoms with E-state index < -0.39 is 12.1 Å². The Kier molecular flexibility index (Phi) is 4.11. The summed E-state index contributed by atoms with van der Waals surface area (Å²) < 4.78 is 13.1. The van der Waals surface area contributed by atoms with E-state index in [2.05, 4.69) is 4.98 Å². The molecule has 0 aromatic carbocycles. The number of halogens is 1. The minimum Gasteiger partial charge on any atom is -0.391 e. The third kappa shape index (κ3) is 3.27. The number of aliphatic hydroxyl groups is 1. The van der Waals surface area contributed by atoms with Crippen molar-refractivity contribution in [2.75, 3.05) is 27.2 Å². The summed E-state index contributed by atoms with van der Waals surface area (Å²) in [6.07, 6.45) is 1.31. The van der Waals surface area contributed by atoms with Crippen molar-refractivity contribution in [1.82, 2.24) is 14.8 Å². The van der Waals surface area contributed by atoms with Crippen molar-refractivity contribution in [3.8, 4) is 0 Å². The first kappa shape index (κ1) is 13.9. The molecular weight excluding hydrogens is 249 g/mol. The van der Waals surface area contributed by atoms with Crippen molar-refractivity contribution in [3.05, 3.63) is 29.8 Å². The third-order valence-corrected chi connectivity index (χ3v) is 3.20. The lowest BCUT2D eigenvalue weighted by Gasteiger charge is -2.26. The van der Waals surface area contributed by atoms with Gasteiger partial charge in [0.05, 0.1) is 6.10 Å². The molecule has 1 saturated heterocycles. The van der Waals surface area contributed by atoms with Crippen molar-refractivity contribution >= 4 is 5.91 Å². The summed E-state index contributed by atoms with van der Waals surface area (Å²) in [5, 5.41) is 9.73. The molecule has 104 valence electrons. The van der Waals surface area contributed by atoms with Gasteiger partial charge in [0, 0.05) is 37.0 Å². The van der Waals surface area contributed by atoms with Crippen LogP contribution in [-0.4, -0.2) is 65.1 Å². The number of β-amino-alcohol motifs (C(OH)–C–C–N with tert-alkyl or cyclic N) is 1. The van der Waals surface area contributed by atoms with Crippen LogP contribution in [0.4, 0.5) is 4.39 Å². The first-order valence-corrected chi connectivity index (χ1v) is 6.22. The van der Waals surface area contributed by atoms with Crippen LogP contribution in [0.25, 0.3) is 0 Å². The highest BCUT2D eigenvalue weighted by atomic mass is 19.1. The van der Waals surface area contributed by atoms with Gasteiger partial charge in [0.25, 0.3) is 5.91 Å². The number of pyridine rings is 1. The second-order valence-electron chi connectivity index (χ2n) is 5.13. The lowest BCUT2D eigenvalue weighted by molar-refractivity contribution is 0.0698. The van der Waals surface area contributed by atoms with Crippen molar-refractivity contribution < 1.29 is 14.3 Å². The van der Waals surface area contributed by atoms with E-state index in [1.807, 2.05) is 19.0 Å². The smallest absolute Gasteiger partial charge is 0.254 e. The van der Waals surface area contributed by atoms with Crippen LogP contribution in [0.2, 0.25) is 0 Å². The van der Waals surface area contributed by atoms with Gasteiger partial charge in [-0.15, -0.1) is 0 Å². The second-order valence-corrected chi connectivity index (χ2v) is 5.13. The van der Waals surface area contributed by atoms with Gasteiger partial charge in [0.15, 0.2) is 0 Å². The fourth-order valence-electron chi connectivity index (χ4n) is 2.44. The summed E-state index contributed by atoms with van der Waals surface area (Å²) in [7, 11) is 3.83. The molecule has 0 saturated carbocycles. The molecule has 2 heterocycles. The van der Waals surface area contributed by atoms with Crippen LogP contribution in [0.3, 0.4) is 0 Å². The zero-order chi connectivity index (χ0) is 14.0. The molecule has 0 radical (unpaired) electrons. The van der Waals surface area contributed by atoms with Crippen molar-refractivity contribution in [2.45, 2.75) is 18.6 Å². The summed E-state index contributed by atoms with van der Waals surface area (Å²) in [5.41, 5.74) is 0.269. The lowest BCUT2D eigenvalue weighted by Crippen LogP contribution is -2.41. The largest absolute Gasteiger partial charge is 0.391 e. The molecular formula is C13H18FN3O2. The van der Waals surface area contributed by atoms with Crippen LogP contribution in [0.5, 0.6) is 0 Å². The summed E-state index contributed by atoms with van der Waals surface area (Å²) in [6.45, 7) is 0.970. The minimum atomic E-state index is -0.672. The Hall–Kier alpha value is -1.53. The molecule has 1 amide bonds. The van der Waals surface area contributed by atoms with E-state index in [0.29, 0.717) is 19.5 Å². The summed E-state index contributed by atoms with van der Waals surface area (Å²) in [4.78, 5) is 19.4. The number of carbonyl (C=O) groups excluding carboxylic acids is 1. The number of likely N-dealkylation sites (N-methyl/N-ethyl adjacent to an activating group) is 1. The topological polar surface area (TPSA) is 56.7 Å². The van der Waals surface area contributed by atoms with Gasteiger partial charge in [-0.25, -0.2) is 4.98 Å². The van der Waals surface area contributed by atoms with E-state index in [1.165, 1.54) is 12.3 Å². The Morgan fingerprint density at radius 1 is 1.63 bits per heavy atom. The van der Waals surface area contributed by atoms with E-state index in [0.717, 1.165) is 6.07 Å². The Morgan fingerprint density at radius 3 is 3.00 bits per heavy atom. The van der Waals surface area contributed by atoms with Gasteiger partial charge in [0.2, 0.25) is 5.95 Å². The zero-order valence-electron chi connectivity index (χ0n) is 11.1.